The maximum absolute atomic E-state index is 11.7. The number of piperidine rings is 1. The quantitative estimate of drug-likeness (QED) is 0.835. The van der Waals surface area contributed by atoms with E-state index in [1.165, 1.54) is 6.26 Å². The molecule has 1 atom stereocenters. The van der Waals surface area contributed by atoms with E-state index in [0.29, 0.717) is 19.0 Å². The SMILES string of the molecule is Cn1nccc1-c1cc(C[C@H]2CCCN(S(C)(=O)=O)C2)ncn1. The van der Waals surface area contributed by atoms with Crippen LogP contribution in [-0.2, 0) is 23.5 Å². The molecule has 1 aliphatic rings. The molecule has 7 nitrogen and oxygen atoms in total. The summed E-state index contributed by atoms with van der Waals surface area (Å²) in [6.07, 6.45) is 7.27. The molecule has 1 saturated heterocycles. The van der Waals surface area contributed by atoms with Crippen molar-refractivity contribution in [2.24, 2.45) is 13.0 Å². The third-order valence-corrected chi connectivity index (χ3v) is 5.53. The molecule has 0 aliphatic carbocycles. The maximum atomic E-state index is 11.7. The van der Waals surface area contributed by atoms with Crippen molar-refractivity contribution in [1.82, 2.24) is 24.1 Å². The summed E-state index contributed by atoms with van der Waals surface area (Å²) in [6.45, 7) is 1.20. The molecule has 2 aromatic rings. The molecule has 0 aromatic carbocycles. The van der Waals surface area contributed by atoms with Gasteiger partial charge in [0.05, 0.1) is 17.6 Å². The van der Waals surface area contributed by atoms with E-state index in [0.717, 1.165) is 36.3 Å². The largest absolute Gasteiger partial charge is 0.266 e. The number of nitrogens with zero attached hydrogens (tertiary/aromatic N) is 5. The van der Waals surface area contributed by atoms with E-state index in [2.05, 4.69) is 15.1 Å². The van der Waals surface area contributed by atoms with Crippen molar-refractivity contribution in [3.8, 4) is 11.4 Å². The first-order valence-electron chi connectivity index (χ1n) is 7.68. The van der Waals surface area contributed by atoms with Crippen molar-refractivity contribution in [2.75, 3.05) is 19.3 Å². The molecule has 2 aromatic heterocycles. The Hall–Kier alpha value is -1.80. The van der Waals surface area contributed by atoms with Crippen LogP contribution in [0, 0.1) is 5.92 Å². The predicted octanol–water partition coefficient (Wildman–Crippen LogP) is 1.09. The highest BCUT2D eigenvalue weighted by molar-refractivity contribution is 7.88. The van der Waals surface area contributed by atoms with Crippen LogP contribution in [0.1, 0.15) is 18.5 Å². The van der Waals surface area contributed by atoms with Crippen molar-refractivity contribution in [2.45, 2.75) is 19.3 Å². The minimum Gasteiger partial charge on any atom is -0.266 e. The van der Waals surface area contributed by atoms with Crippen molar-refractivity contribution in [3.05, 3.63) is 30.4 Å². The summed E-state index contributed by atoms with van der Waals surface area (Å²) in [5, 5.41) is 4.16. The first-order valence-corrected chi connectivity index (χ1v) is 9.53. The third-order valence-electron chi connectivity index (χ3n) is 4.26. The topological polar surface area (TPSA) is 81.0 Å². The Morgan fingerprint density at radius 2 is 2.17 bits per heavy atom. The first-order chi connectivity index (χ1) is 10.9. The molecule has 0 spiro atoms. The average molecular weight is 335 g/mol. The van der Waals surface area contributed by atoms with E-state index in [-0.39, 0.29) is 0 Å². The lowest BCUT2D eigenvalue weighted by Crippen LogP contribution is -2.39. The van der Waals surface area contributed by atoms with Crippen molar-refractivity contribution < 1.29 is 8.42 Å². The van der Waals surface area contributed by atoms with Crippen LogP contribution >= 0.6 is 0 Å². The fraction of sp³-hybridized carbons (Fsp3) is 0.533. The standard InChI is InChI=1S/C15H21N5O2S/c1-19-15(5-6-18-19)14-9-13(16-11-17-14)8-12-4-3-7-20(10-12)23(2,21)22/h5-6,9,11-12H,3-4,7-8,10H2,1-2H3/t12-/m1/s1. The molecule has 23 heavy (non-hydrogen) atoms. The molecule has 0 amide bonds. The molecule has 3 rings (SSSR count). The Bertz CT molecular complexity index is 787. The zero-order valence-electron chi connectivity index (χ0n) is 13.4. The normalized spacial score (nSPS) is 19.8. The summed E-state index contributed by atoms with van der Waals surface area (Å²) >= 11 is 0. The molecule has 0 unspecified atom stereocenters. The van der Waals surface area contributed by atoms with Gasteiger partial charge in [0, 0.05) is 32.0 Å². The lowest BCUT2D eigenvalue weighted by atomic mass is 9.94. The number of hydrogen-bond acceptors (Lipinski definition) is 5. The fourth-order valence-corrected chi connectivity index (χ4v) is 4.01. The smallest absolute Gasteiger partial charge is 0.211 e. The van der Waals surface area contributed by atoms with Crippen LogP contribution in [0.5, 0.6) is 0 Å². The van der Waals surface area contributed by atoms with E-state index in [1.54, 1.807) is 21.5 Å². The van der Waals surface area contributed by atoms with Gasteiger partial charge >= 0.3 is 0 Å². The zero-order chi connectivity index (χ0) is 16.4. The van der Waals surface area contributed by atoms with Crippen LogP contribution in [0.15, 0.2) is 24.7 Å². The van der Waals surface area contributed by atoms with E-state index in [1.807, 2.05) is 19.2 Å². The third kappa shape index (κ3) is 3.76. The number of rotatable bonds is 4. The van der Waals surface area contributed by atoms with Crippen LogP contribution in [0.4, 0.5) is 0 Å². The van der Waals surface area contributed by atoms with Gasteiger partial charge in [0.15, 0.2) is 0 Å². The van der Waals surface area contributed by atoms with Crippen LogP contribution in [-0.4, -0.2) is 51.8 Å². The molecule has 0 saturated carbocycles. The Morgan fingerprint density at radius 1 is 1.35 bits per heavy atom. The van der Waals surface area contributed by atoms with Gasteiger partial charge in [-0.2, -0.15) is 5.10 Å². The second-order valence-corrected chi connectivity index (χ2v) is 8.05. The molecule has 124 valence electrons. The lowest BCUT2D eigenvalue weighted by Gasteiger charge is -2.30. The monoisotopic (exact) mass is 335 g/mol. The van der Waals surface area contributed by atoms with Gasteiger partial charge in [-0.3, -0.25) is 4.68 Å². The highest BCUT2D eigenvalue weighted by Crippen LogP contribution is 2.23. The van der Waals surface area contributed by atoms with Gasteiger partial charge in [-0.1, -0.05) is 0 Å². The van der Waals surface area contributed by atoms with E-state index >= 15 is 0 Å². The lowest BCUT2D eigenvalue weighted by molar-refractivity contribution is 0.265. The minimum absolute atomic E-state index is 0.299. The van der Waals surface area contributed by atoms with Gasteiger partial charge in [-0.25, -0.2) is 22.7 Å². The molecule has 3 heterocycles. The van der Waals surface area contributed by atoms with E-state index in [4.69, 9.17) is 0 Å². The van der Waals surface area contributed by atoms with Crippen LogP contribution in [0.3, 0.4) is 0 Å². The molecular formula is C15H21N5O2S. The second kappa shape index (κ2) is 6.37. The van der Waals surface area contributed by atoms with Gasteiger partial charge in [0.1, 0.15) is 6.33 Å². The summed E-state index contributed by atoms with van der Waals surface area (Å²) < 4.78 is 26.8. The molecular weight excluding hydrogens is 314 g/mol. The van der Waals surface area contributed by atoms with Crippen LogP contribution < -0.4 is 0 Å². The molecule has 8 heteroatoms. The zero-order valence-corrected chi connectivity index (χ0v) is 14.2. The Morgan fingerprint density at radius 3 is 2.87 bits per heavy atom. The van der Waals surface area contributed by atoms with Gasteiger partial charge in [-0.15, -0.1) is 0 Å². The summed E-state index contributed by atoms with van der Waals surface area (Å²) in [4.78, 5) is 8.66. The van der Waals surface area contributed by atoms with Crippen molar-refractivity contribution in [3.63, 3.8) is 0 Å². The number of sulfonamides is 1. The van der Waals surface area contributed by atoms with E-state index in [9.17, 15) is 8.42 Å². The number of aryl methyl sites for hydroxylation is 1. The highest BCUT2D eigenvalue weighted by Gasteiger charge is 2.26. The van der Waals surface area contributed by atoms with Gasteiger partial charge in [0.25, 0.3) is 0 Å². The Kier molecular flexibility index (Phi) is 4.45. The first kappa shape index (κ1) is 16.1. The van der Waals surface area contributed by atoms with Crippen molar-refractivity contribution in [1.29, 1.82) is 0 Å². The highest BCUT2D eigenvalue weighted by atomic mass is 32.2. The number of aromatic nitrogens is 4. The summed E-state index contributed by atoms with van der Waals surface area (Å²) in [5.41, 5.74) is 2.72. The van der Waals surface area contributed by atoms with Crippen LogP contribution in [0.2, 0.25) is 0 Å². The Labute approximate surface area is 136 Å². The fourth-order valence-electron chi connectivity index (χ4n) is 3.06. The predicted molar refractivity (Wildman–Crippen MR) is 87.1 cm³/mol. The molecule has 1 fully saturated rings. The maximum Gasteiger partial charge on any atom is 0.211 e. The van der Waals surface area contributed by atoms with Gasteiger partial charge in [0.2, 0.25) is 10.0 Å². The molecule has 0 N–H and O–H groups in total. The summed E-state index contributed by atoms with van der Waals surface area (Å²) in [5.74, 6) is 0.299. The molecule has 1 aliphatic heterocycles. The summed E-state index contributed by atoms with van der Waals surface area (Å²) in [7, 11) is -1.23. The van der Waals surface area contributed by atoms with Crippen LogP contribution in [0.25, 0.3) is 11.4 Å². The molecule has 0 radical (unpaired) electrons. The summed E-state index contributed by atoms with van der Waals surface area (Å²) in [6, 6.07) is 3.88. The van der Waals surface area contributed by atoms with Crippen molar-refractivity contribution >= 4 is 10.0 Å². The Balaban J connectivity index is 1.75. The van der Waals surface area contributed by atoms with Gasteiger partial charge < -0.3 is 0 Å². The van der Waals surface area contributed by atoms with E-state index < -0.39 is 10.0 Å². The second-order valence-electron chi connectivity index (χ2n) is 6.07. The number of hydrogen-bond donors (Lipinski definition) is 0. The van der Waals surface area contributed by atoms with Gasteiger partial charge in [-0.05, 0) is 37.3 Å². The average Bonchev–Trinajstić information content (AvgIpc) is 2.93. The molecule has 0 bridgehead atoms. The minimum atomic E-state index is -3.11.